The van der Waals surface area contributed by atoms with Crippen molar-refractivity contribution < 1.29 is 18.7 Å². The Morgan fingerprint density at radius 2 is 2.08 bits per heavy atom. The van der Waals surface area contributed by atoms with Gasteiger partial charge in [0.1, 0.15) is 11.4 Å². The van der Waals surface area contributed by atoms with Crippen LogP contribution in [0.3, 0.4) is 0 Å². The average molecular weight is 342 g/mol. The summed E-state index contributed by atoms with van der Waals surface area (Å²) in [5, 5.41) is 12.4. The van der Waals surface area contributed by atoms with Gasteiger partial charge in [0.15, 0.2) is 5.58 Å². The van der Waals surface area contributed by atoms with Crippen LogP contribution < -0.4 is 10.9 Å². The number of nitrogens with zero attached hydrogens (tertiary/aromatic N) is 1. The molecular weight excluding hydrogens is 327 g/mol. The number of anilines is 1. The first kappa shape index (κ1) is 16.8. The van der Waals surface area contributed by atoms with Gasteiger partial charge in [-0.15, -0.1) is 0 Å². The van der Waals surface area contributed by atoms with Gasteiger partial charge in [0.05, 0.1) is 12.3 Å². The summed E-state index contributed by atoms with van der Waals surface area (Å²) in [6.07, 6.45) is 1.45. The van der Waals surface area contributed by atoms with E-state index in [9.17, 15) is 19.1 Å². The van der Waals surface area contributed by atoms with Crippen molar-refractivity contribution in [1.29, 1.82) is 0 Å². The van der Waals surface area contributed by atoms with Crippen LogP contribution in [0.25, 0.3) is 11.0 Å². The van der Waals surface area contributed by atoms with Gasteiger partial charge in [0.2, 0.25) is 0 Å². The number of aromatic nitrogens is 1. The zero-order valence-electron chi connectivity index (χ0n) is 13.6. The third kappa shape index (κ3) is 3.14. The summed E-state index contributed by atoms with van der Waals surface area (Å²) < 4.78 is 18.6. The van der Waals surface area contributed by atoms with E-state index in [-0.39, 0.29) is 23.4 Å². The predicted molar refractivity (Wildman–Crippen MR) is 90.0 cm³/mol. The van der Waals surface area contributed by atoms with Crippen LogP contribution in [0.4, 0.5) is 10.1 Å². The molecule has 0 bridgehead atoms. The van der Waals surface area contributed by atoms with Crippen molar-refractivity contribution in [2.75, 3.05) is 5.32 Å². The Morgan fingerprint density at radius 3 is 2.80 bits per heavy atom. The van der Waals surface area contributed by atoms with Gasteiger partial charge in [0.25, 0.3) is 5.91 Å². The summed E-state index contributed by atoms with van der Waals surface area (Å²) in [5.41, 5.74) is 0.955. The quantitative estimate of drug-likeness (QED) is 0.763. The number of halogens is 1. The molecule has 0 saturated carbocycles. The summed E-state index contributed by atoms with van der Waals surface area (Å²) >= 11 is 0. The molecule has 0 atom stereocenters. The number of aryl methyl sites for hydroxylation is 2. The highest BCUT2D eigenvalue weighted by Gasteiger charge is 2.17. The number of aliphatic hydroxyl groups is 1. The molecule has 7 heteroatoms. The first-order valence-corrected chi connectivity index (χ1v) is 7.51. The van der Waals surface area contributed by atoms with E-state index in [4.69, 9.17) is 4.42 Å². The highest BCUT2D eigenvalue weighted by atomic mass is 19.1. The minimum Gasteiger partial charge on any atom is -0.420 e. The first-order chi connectivity index (χ1) is 11.9. The van der Waals surface area contributed by atoms with Gasteiger partial charge in [-0.1, -0.05) is 6.07 Å². The van der Waals surface area contributed by atoms with Crippen molar-refractivity contribution in [3.05, 3.63) is 69.1 Å². The fourth-order valence-electron chi connectivity index (χ4n) is 2.48. The third-order valence-electron chi connectivity index (χ3n) is 3.90. The largest absolute Gasteiger partial charge is 0.420 e. The Bertz CT molecular complexity index is 1040. The van der Waals surface area contributed by atoms with Gasteiger partial charge in [-0.3, -0.25) is 9.78 Å². The Balaban J connectivity index is 2.09. The first-order valence-electron chi connectivity index (χ1n) is 7.51. The van der Waals surface area contributed by atoms with Gasteiger partial charge >= 0.3 is 5.63 Å². The SMILES string of the molecule is Cc1ccc(F)cc1NC(=O)c1cc2c(CO)cnc(C)c2oc1=O. The Labute approximate surface area is 141 Å². The highest BCUT2D eigenvalue weighted by molar-refractivity contribution is 6.06. The molecule has 1 aromatic carbocycles. The molecule has 0 aliphatic carbocycles. The average Bonchev–Trinajstić information content (AvgIpc) is 2.58. The van der Waals surface area contributed by atoms with Crippen LogP contribution in [-0.4, -0.2) is 16.0 Å². The molecule has 6 nitrogen and oxygen atoms in total. The number of pyridine rings is 1. The molecule has 0 spiro atoms. The van der Waals surface area contributed by atoms with Crippen LogP contribution >= 0.6 is 0 Å². The van der Waals surface area contributed by atoms with Gasteiger partial charge in [-0.2, -0.15) is 0 Å². The Morgan fingerprint density at radius 1 is 1.32 bits per heavy atom. The smallest absolute Gasteiger partial charge is 0.349 e. The lowest BCUT2D eigenvalue weighted by molar-refractivity contribution is 0.102. The number of aliphatic hydroxyl groups excluding tert-OH is 1. The Kier molecular flexibility index (Phi) is 4.33. The fourth-order valence-corrected chi connectivity index (χ4v) is 2.48. The van der Waals surface area contributed by atoms with E-state index >= 15 is 0 Å². The van der Waals surface area contributed by atoms with E-state index in [0.29, 0.717) is 22.2 Å². The number of hydrogen-bond donors (Lipinski definition) is 2. The number of carbonyl (C=O) groups excluding carboxylic acids is 1. The lowest BCUT2D eigenvalue weighted by Crippen LogP contribution is -2.21. The van der Waals surface area contributed by atoms with E-state index in [1.54, 1.807) is 13.8 Å². The fraction of sp³-hybridized carbons (Fsp3) is 0.167. The van der Waals surface area contributed by atoms with E-state index in [1.807, 2.05) is 0 Å². The zero-order valence-corrected chi connectivity index (χ0v) is 13.6. The second-order valence-electron chi connectivity index (χ2n) is 5.63. The number of nitrogens with one attached hydrogen (secondary N) is 1. The van der Waals surface area contributed by atoms with E-state index in [1.165, 1.54) is 30.5 Å². The molecule has 0 radical (unpaired) electrons. The van der Waals surface area contributed by atoms with Gasteiger partial charge < -0.3 is 14.8 Å². The molecule has 0 fully saturated rings. The molecule has 25 heavy (non-hydrogen) atoms. The predicted octanol–water partition coefficient (Wildman–Crippen LogP) is 2.69. The minimum absolute atomic E-state index is 0.218. The van der Waals surface area contributed by atoms with Gasteiger partial charge in [0, 0.05) is 22.8 Å². The summed E-state index contributed by atoms with van der Waals surface area (Å²) in [6.45, 7) is 3.04. The molecule has 3 aromatic rings. The minimum atomic E-state index is -0.834. The number of carbonyl (C=O) groups is 1. The van der Waals surface area contributed by atoms with E-state index in [0.717, 1.165) is 0 Å². The van der Waals surface area contributed by atoms with Crippen molar-refractivity contribution in [2.45, 2.75) is 20.5 Å². The second-order valence-corrected chi connectivity index (χ2v) is 5.63. The van der Waals surface area contributed by atoms with E-state index in [2.05, 4.69) is 10.3 Å². The lowest BCUT2D eigenvalue weighted by atomic mass is 10.1. The number of rotatable bonds is 3. The molecule has 2 aromatic heterocycles. The summed E-state index contributed by atoms with van der Waals surface area (Å²) in [7, 11) is 0. The molecular formula is C18H15FN2O4. The molecule has 128 valence electrons. The number of amides is 1. The standard InChI is InChI=1S/C18H15FN2O4/c1-9-3-4-12(19)5-15(9)21-17(23)14-6-13-11(8-22)7-20-10(2)16(13)25-18(14)24/h3-7,22H,8H2,1-2H3,(H,21,23). The molecule has 0 saturated heterocycles. The summed E-state index contributed by atoms with van der Waals surface area (Å²) in [4.78, 5) is 28.7. The van der Waals surface area contributed by atoms with Crippen molar-refractivity contribution in [1.82, 2.24) is 4.98 Å². The summed E-state index contributed by atoms with van der Waals surface area (Å²) in [6, 6.07) is 5.32. The molecule has 2 N–H and O–H groups in total. The van der Waals surface area contributed by atoms with Crippen LogP contribution in [0.2, 0.25) is 0 Å². The van der Waals surface area contributed by atoms with E-state index < -0.39 is 17.3 Å². The maximum atomic E-state index is 13.4. The van der Waals surface area contributed by atoms with Crippen molar-refractivity contribution >= 4 is 22.6 Å². The summed E-state index contributed by atoms with van der Waals surface area (Å²) in [5.74, 6) is -1.22. The molecule has 0 unspecified atom stereocenters. The molecule has 0 aliphatic rings. The van der Waals surface area contributed by atoms with Crippen LogP contribution in [0.1, 0.15) is 27.2 Å². The molecule has 0 aliphatic heterocycles. The third-order valence-corrected chi connectivity index (χ3v) is 3.90. The second kappa shape index (κ2) is 6.45. The van der Waals surface area contributed by atoms with Crippen LogP contribution in [0.5, 0.6) is 0 Å². The van der Waals surface area contributed by atoms with Crippen LogP contribution in [0.15, 0.2) is 39.7 Å². The Hall–Kier alpha value is -3.06. The normalized spacial score (nSPS) is 10.9. The van der Waals surface area contributed by atoms with Crippen molar-refractivity contribution in [3.8, 4) is 0 Å². The topological polar surface area (TPSA) is 92.4 Å². The van der Waals surface area contributed by atoms with Crippen molar-refractivity contribution in [3.63, 3.8) is 0 Å². The van der Waals surface area contributed by atoms with Gasteiger partial charge in [-0.25, -0.2) is 9.18 Å². The van der Waals surface area contributed by atoms with Gasteiger partial charge in [-0.05, 0) is 37.6 Å². The number of fused-ring (bicyclic) bond motifs is 1. The monoisotopic (exact) mass is 342 g/mol. The zero-order chi connectivity index (χ0) is 18.1. The lowest BCUT2D eigenvalue weighted by Gasteiger charge is -2.09. The van der Waals surface area contributed by atoms with Crippen LogP contribution in [-0.2, 0) is 6.61 Å². The maximum Gasteiger partial charge on any atom is 0.349 e. The highest BCUT2D eigenvalue weighted by Crippen LogP contribution is 2.22. The van der Waals surface area contributed by atoms with Crippen molar-refractivity contribution in [2.24, 2.45) is 0 Å². The molecule has 1 amide bonds. The van der Waals surface area contributed by atoms with Crippen LogP contribution in [0, 0.1) is 19.7 Å². The number of benzene rings is 1. The maximum absolute atomic E-state index is 13.4. The number of hydrogen-bond acceptors (Lipinski definition) is 5. The molecule has 3 rings (SSSR count). The molecule has 2 heterocycles.